The molecule has 2 aliphatic heterocycles. The summed E-state index contributed by atoms with van der Waals surface area (Å²) in [6.45, 7) is 2.61. The number of rotatable bonds is 4. The van der Waals surface area contributed by atoms with Crippen LogP contribution in [0.5, 0.6) is 0 Å². The molecular weight excluding hydrogens is 208 g/mol. The predicted octanol–water partition coefficient (Wildman–Crippen LogP) is 0.787. The van der Waals surface area contributed by atoms with Gasteiger partial charge in [0.1, 0.15) is 0 Å². The molecule has 2 N–H and O–H groups in total. The molecule has 0 aliphatic carbocycles. The van der Waals surface area contributed by atoms with Gasteiger partial charge < -0.3 is 10.5 Å². The van der Waals surface area contributed by atoms with Gasteiger partial charge in [0.25, 0.3) is 0 Å². The summed E-state index contributed by atoms with van der Waals surface area (Å²) in [5, 5.41) is 0. The summed E-state index contributed by atoms with van der Waals surface area (Å²) in [5.74, 6) is 3.40. The van der Waals surface area contributed by atoms with Gasteiger partial charge in [-0.15, -0.1) is 0 Å². The van der Waals surface area contributed by atoms with Gasteiger partial charge in [-0.1, -0.05) is 0 Å². The zero-order valence-corrected chi connectivity index (χ0v) is 10.3. The van der Waals surface area contributed by atoms with E-state index in [1.807, 2.05) is 0 Å². The molecular formula is C11H22N2OS. The lowest BCUT2D eigenvalue weighted by molar-refractivity contribution is 0.112. The zero-order valence-electron chi connectivity index (χ0n) is 9.52. The molecule has 88 valence electrons. The fourth-order valence-corrected chi connectivity index (χ4v) is 3.99. The lowest BCUT2D eigenvalue weighted by Gasteiger charge is -2.35. The topological polar surface area (TPSA) is 38.5 Å². The molecule has 0 amide bonds. The molecule has 3 unspecified atom stereocenters. The number of ether oxygens (including phenoxy) is 1. The predicted molar refractivity (Wildman–Crippen MR) is 65.3 cm³/mol. The summed E-state index contributed by atoms with van der Waals surface area (Å²) in [6.07, 6.45) is 2.51. The maximum Gasteiger partial charge on any atom is 0.0622 e. The van der Waals surface area contributed by atoms with Crippen molar-refractivity contribution in [2.45, 2.75) is 24.9 Å². The Kier molecular flexibility index (Phi) is 4.31. The molecule has 2 aliphatic rings. The molecule has 0 aromatic rings. The van der Waals surface area contributed by atoms with Crippen molar-refractivity contribution in [3.05, 3.63) is 0 Å². The molecule has 3 nitrogen and oxygen atoms in total. The molecule has 2 saturated heterocycles. The quantitative estimate of drug-likeness (QED) is 0.775. The van der Waals surface area contributed by atoms with E-state index in [1.165, 1.54) is 24.3 Å². The van der Waals surface area contributed by atoms with Crippen molar-refractivity contribution in [2.75, 3.05) is 38.3 Å². The molecule has 0 radical (unpaired) electrons. The van der Waals surface area contributed by atoms with Crippen molar-refractivity contribution in [3.63, 3.8) is 0 Å². The Morgan fingerprint density at radius 1 is 1.53 bits per heavy atom. The van der Waals surface area contributed by atoms with Crippen LogP contribution in [0.25, 0.3) is 0 Å². The van der Waals surface area contributed by atoms with E-state index in [0.29, 0.717) is 12.1 Å². The van der Waals surface area contributed by atoms with Crippen molar-refractivity contribution < 1.29 is 4.74 Å². The van der Waals surface area contributed by atoms with Crippen molar-refractivity contribution in [2.24, 2.45) is 11.7 Å². The largest absolute Gasteiger partial charge is 0.380 e. The van der Waals surface area contributed by atoms with E-state index in [4.69, 9.17) is 10.5 Å². The van der Waals surface area contributed by atoms with Gasteiger partial charge in [-0.3, -0.25) is 4.90 Å². The van der Waals surface area contributed by atoms with E-state index in [9.17, 15) is 0 Å². The fraction of sp³-hybridized carbons (Fsp3) is 1.00. The number of thioether (sulfide) groups is 1. The highest BCUT2D eigenvalue weighted by Gasteiger charge is 2.32. The van der Waals surface area contributed by atoms with Gasteiger partial charge in [0, 0.05) is 25.2 Å². The van der Waals surface area contributed by atoms with Crippen LogP contribution in [0, 0.1) is 5.92 Å². The Balaban J connectivity index is 1.91. The summed E-state index contributed by atoms with van der Waals surface area (Å²) in [4.78, 5) is 2.48. The second-order valence-corrected chi connectivity index (χ2v) is 5.76. The molecule has 0 spiro atoms. The first-order valence-electron chi connectivity index (χ1n) is 5.90. The van der Waals surface area contributed by atoms with Crippen molar-refractivity contribution in [1.29, 1.82) is 0 Å². The van der Waals surface area contributed by atoms with Gasteiger partial charge in [-0.05, 0) is 37.3 Å². The first-order valence-corrected chi connectivity index (χ1v) is 7.06. The van der Waals surface area contributed by atoms with Gasteiger partial charge in [0.05, 0.1) is 6.61 Å². The number of nitrogens with two attached hydrogens (primary N) is 1. The lowest BCUT2D eigenvalue weighted by atomic mass is 9.96. The van der Waals surface area contributed by atoms with Gasteiger partial charge in [0.15, 0.2) is 0 Å². The molecule has 2 fully saturated rings. The van der Waals surface area contributed by atoms with Crippen LogP contribution < -0.4 is 5.73 Å². The molecule has 0 bridgehead atoms. The highest BCUT2D eigenvalue weighted by molar-refractivity contribution is 7.99. The Morgan fingerprint density at radius 3 is 2.93 bits per heavy atom. The smallest absolute Gasteiger partial charge is 0.0622 e. The Hall–Kier alpha value is 0.230. The molecule has 0 aromatic carbocycles. The highest BCUT2D eigenvalue weighted by atomic mass is 32.2. The van der Waals surface area contributed by atoms with E-state index >= 15 is 0 Å². The fourth-order valence-electron chi connectivity index (χ4n) is 2.66. The van der Waals surface area contributed by atoms with Crippen LogP contribution in [0.15, 0.2) is 0 Å². The van der Waals surface area contributed by atoms with Gasteiger partial charge in [-0.2, -0.15) is 11.8 Å². The minimum atomic E-state index is 0.562. The Bertz CT molecular complexity index is 191. The summed E-state index contributed by atoms with van der Waals surface area (Å²) < 4.78 is 5.45. The third-order valence-corrected chi connectivity index (χ3v) is 4.94. The summed E-state index contributed by atoms with van der Waals surface area (Å²) >= 11 is 2.07. The van der Waals surface area contributed by atoms with Gasteiger partial charge >= 0.3 is 0 Å². The third-order valence-electron chi connectivity index (χ3n) is 3.76. The first-order chi connectivity index (χ1) is 7.33. The van der Waals surface area contributed by atoms with Gasteiger partial charge in [0.2, 0.25) is 0 Å². The maximum atomic E-state index is 5.93. The Morgan fingerprint density at radius 2 is 2.40 bits per heavy atom. The molecule has 2 heterocycles. The second kappa shape index (κ2) is 5.53. The molecule has 2 rings (SSSR count). The normalized spacial score (nSPS) is 33.8. The van der Waals surface area contributed by atoms with Gasteiger partial charge in [-0.25, -0.2) is 0 Å². The van der Waals surface area contributed by atoms with Crippen LogP contribution in [-0.2, 0) is 4.74 Å². The Labute approximate surface area is 96.7 Å². The molecule has 3 atom stereocenters. The number of hydrogen-bond donors (Lipinski definition) is 1. The van der Waals surface area contributed by atoms with Crippen LogP contribution >= 0.6 is 11.8 Å². The zero-order chi connectivity index (χ0) is 10.7. The van der Waals surface area contributed by atoms with Crippen molar-refractivity contribution in [3.8, 4) is 0 Å². The van der Waals surface area contributed by atoms with Crippen LogP contribution in [-0.4, -0.2) is 55.3 Å². The standard InChI is InChI=1S/C11H22N2OS/c1-13(10-2-4-14-7-10)11(6-12)9-3-5-15-8-9/h9-11H,2-8,12H2,1H3. The van der Waals surface area contributed by atoms with E-state index in [2.05, 4.69) is 23.7 Å². The molecule has 0 saturated carbocycles. The minimum absolute atomic E-state index is 0.562. The third kappa shape index (κ3) is 2.67. The number of likely N-dealkylation sites (N-methyl/N-ethyl adjacent to an activating group) is 1. The summed E-state index contributed by atoms with van der Waals surface area (Å²) in [5.41, 5.74) is 5.93. The number of nitrogens with zero attached hydrogens (tertiary/aromatic N) is 1. The maximum absolute atomic E-state index is 5.93. The monoisotopic (exact) mass is 230 g/mol. The molecule has 0 aromatic heterocycles. The van der Waals surface area contributed by atoms with Crippen LogP contribution in [0.4, 0.5) is 0 Å². The summed E-state index contributed by atoms with van der Waals surface area (Å²) in [7, 11) is 2.22. The van der Waals surface area contributed by atoms with E-state index in [-0.39, 0.29) is 0 Å². The summed E-state index contributed by atoms with van der Waals surface area (Å²) in [6, 6.07) is 1.16. The first kappa shape index (κ1) is 11.7. The average molecular weight is 230 g/mol. The lowest BCUT2D eigenvalue weighted by Crippen LogP contribution is -2.48. The molecule has 15 heavy (non-hydrogen) atoms. The minimum Gasteiger partial charge on any atom is -0.380 e. The average Bonchev–Trinajstić information content (AvgIpc) is 2.91. The van der Waals surface area contributed by atoms with Crippen LogP contribution in [0.3, 0.4) is 0 Å². The SMILES string of the molecule is CN(C1CCOC1)C(CN)C1CCSC1. The van der Waals surface area contributed by atoms with E-state index in [1.54, 1.807) is 0 Å². The molecule has 4 heteroatoms. The van der Waals surface area contributed by atoms with Crippen LogP contribution in [0.1, 0.15) is 12.8 Å². The van der Waals surface area contributed by atoms with Crippen LogP contribution in [0.2, 0.25) is 0 Å². The van der Waals surface area contributed by atoms with Crippen molar-refractivity contribution >= 4 is 11.8 Å². The highest BCUT2D eigenvalue weighted by Crippen LogP contribution is 2.29. The number of hydrogen-bond acceptors (Lipinski definition) is 4. The van der Waals surface area contributed by atoms with Crippen molar-refractivity contribution in [1.82, 2.24) is 4.90 Å². The van der Waals surface area contributed by atoms with E-state index in [0.717, 1.165) is 25.7 Å². The second-order valence-electron chi connectivity index (χ2n) is 4.61. The van der Waals surface area contributed by atoms with E-state index < -0.39 is 0 Å².